The Bertz CT molecular complexity index is 742. The van der Waals surface area contributed by atoms with Gasteiger partial charge in [-0.1, -0.05) is 20.8 Å². The summed E-state index contributed by atoms with van der Waals surface area (Å²) in [6.07, 6.45) is 12.8. The monoisotopic (exact) mass is 551 g/mol. The van der Waals surface area contributed by atoms with Crippen molar-refractivity contribution >= 4 is 0 Å². The van der Waals surface area contributed by atoms with Gasteiger partial charge < -0.3 is 36.5 Å². The highest BCUT2D eigenvalue weighted by Gasteiger charge is 2.66. The molecule has 0 spiro atoms. The average Bonchev–Trinajstić information content (AvgIpc) is 3.28. The number of rotatable bonds is 15. The molecule has 4 aliphatic rings. The largest absolute Gasteiger partial charge is 0.396 e. The van der Waals surface area contributed by atoms with E-state index in [1.807, 2.05) is 0 Å². The van der Waals surface area contributed by atoms with Crippen molar-refractivity contribution in [3.63, 3.8) is 0 Å². The zero-order valence-electron chi connectivity index (χ0n) is 25.3. The summed E-state index contributed by atoms with van der Waals surface area (Å²) in [5.41, 5.74) is 17.9. The molecule has 5 unspecified atom stereocenters. The number of fused-ring (bicyclic) bond motifs is 5. The van der Waals surface area contributed by atoms with Crippen molar-refractivity contribution in [2.45, 2.75) is 110 Å². The summed E-state index contributed by atoms with van der Waals surface area (Å²) in [6, 6.07) is 0. The van der Waals surface area contributed by atoms with Crippen molar-refractivity contribution in [1.29, 1.82) is 0 Å². The van der Waals surface area contributed by atoms with Crippen molar-refractivity contribution in [2.24, 2.45) is 63.5 Å². The number of nitrogens with two attached hydrogens (primary N) is 3. The molecule has 11 atom stereocenters. The number of aliphatic hydroxyl groups excluding tert-OH is 1. The second kappa shape index (κ2) is 14.3. The first-order valence-electron chi connectivity index (χ1n) is 16.4. The molecule has 7 N–H and O–H groups in total. The van der Waals surface area contributed by atoms with E-state index in [0.717, 1.165) is 71.2 Å². The molecule has 0 bridgehead atoms. The van der Waals surface area contributed by atoms with E-state index in [2.05, 4.69) is 20.8 Å². The summed E-state index contributed by atoms with van der Waals surface area (Å²) in [4.78, 5) is 0. The normalized spacial score (nSPS) is 42.5. The summed E-state index contributed by atoms with van der Waals surface area (Å²) in [5.74, 6) is 3.41. The molecule has 4 aliphatic carbocycles. The third-order valence-electron chi connectivity index (χ3n) is 12.1. The molecule has 4 rings (SSSR count). The Labute approximate surface area is 238 Å². The summed E-state index contributed by atoms with van der Waals surface area (Å²) in [7, 11) is 0. The van der Waals surface area contributed by atoms with E-state index >= 15 is 0 Å². The molecule has 4 saturated carbocycles. The molecular weight excluding hydrogens is 490 g/mol. The Hall–Kier alpha value is -0.280. The van der Waals surface area contributed by atoms with Crippen LogP contribution >= 0.6 is 0 Å². The molecular formula is C32H61N3O4. The quantitative estimate of drug-likeness (QED) is 0.226. The van der Waals surface area contributed by atoms with Gasteiger partial charge in [0.1, 0.15) is 0 Å². The van der Waals surface area contributed by atoms with Crippen LogP contribution in [0.4, 0.5) is 0 Å². The highest BCUT2D eigenvalue weighted by molar-refractivity contribution is 5.15. The molecule has 0 aromatic heterocycles. The van der Waals surface area contributed by atoms with Gasteiger partial charge in [-0.25, -0.2) is 0 Å². The minimum absolute atomic E-state index is 0.103. The minimum atomic E-state index is 0.103. The lowest BCUT2D eigenvalue weighted by Gasteiger charge is -2.65. The average molecular weight is 552 g/mol. The maximum absolute atomic E-state index is 9.83. The SMILES string of the molecule is C[C@H](CCO)C1CC[C@H]2C3[C@H](OCCCN)CC4CC(OCCCN)CCC4(C)[C@H]3C[C@H](OCCCN)[C@@]12C. The Kier molecular flexibility index (Phi) is 11.6. The first-order valence-corrected chi connectivity index (χ1v) is 16.4. The molecule has 0 saturated heterocycles. The van der Waals surface area contributed by atoms with Crippen LogP contribution in [-0.4, -0.2) is 69.5 Å². The zero-order chi connectivity index (χ0) is 28.0. The third kappa shape index (κ3) is 6.40. The van der Waals surface area contributed by atoms with Crippen molar-refractivity contribution < 1.29 is 19.3 Å². The smallest absolute Gasteiger partial charge is 0.0637 e. The lowest BCUT2D eigenvalue weighted by atomic mass is 9.43. The van der Waals surface area contributed by atoms with Gasteiger partial charge in [0.05, 0.1) is 18.3 Å². The van der Waals surface area contributed by atoms with E-state index in [0.29, 0.717) is 61.2 Å². The third-order valence-corrected chi connectivity index (χ3v) is 12.1. The lowest BCUT2D eigenvalue weighted by molar-refractivity contribution is -0.227. The molecule has 228 valence electrons. The molecule has 0 aromatic carbocycles. The van der Waals surface area contributed by atoms with Crippen LogP contribution in [0.5, 0.6) is 0 Å². The van der Waals surface area contributed by atoms with Gasteiger partial charge in [-0.2, -0.15) is 0 Å². The fourth-order valence-corrected chi connectivity index (χ4v) is 10.0. The maximum atomic E-state index is 9.83. The van der Waals surface area contributed by atoms with Crippen LogP contribution in [-0.2, 0) is 14.2 Å². The van der Waals surface area contributed by atoms with Gasteiger partial charge in [0.15, 0.2) is 0 Å². The van der Waals surface area contributed by atoms with E-state index in [1.54, 1.807) is 0 Å². The van der Waals surface area contributed by atoms with Crippen molar-refractivity contribution in [3.8, 4) is 0 Å². The second-order valence-electron chi connectivity index (χ2n) is 14.0. The standard InChI is InChI=1S/C32H61N3O4/c1-22(10-15-36)25-7-8-26-30-27(21-29(32(25,26)3)39-18-6-14-35)31(2)11-9-24(37-16-4-12-33)19-23(31)20-28(30)38-17-5-13-34/h22-30,36H,4-21,33-35H2,1-3H3/t22-,23?,24?,25?,26+,27+,28-,29+,30?,31?,32+/m1/s1. The Morgan fingerprint density at radius 2 is 1.49 bits per heavy atom. The highest BCUT2D eigenvalue weighted by Crippen LogP contribution is 2.69. The summed E-state index contributed by atoms with van der Waals surface area (Å²) >= 11 is 0. The second-order valence-corrected chi connectivity index (χ2v) is 14.0. The molecule has 0 aromatic rings. The van der Waals surface area contributed by atoms with E-state index in [-0.39, 0.29) is 29.6 Å². The minimum Gasteiger partial charge on any atom is -0.396 e. The first-order chi connectivity index (χ1) is 18.8. The van der Waals surface area contributed by atoms with E-state index in [4.69, 9.17) is 31.4 Å². The zero-order valence-corrected chi connectivity index (χ0v) is 25.3. The van der Waals surface area contributed by atoms with E-state index < -0.39 is 0 Å². The summed E-state index contributed by atoms with van der Waals surface area (Å²) in [6.45, 7) is 12.1. The number of hydrogen-bond donors (Lipinski definition) is 4. The molecule has 0 amide bonds. The predicted octanol–water partition coefficient (Wildman–Crippen LogP) is 4.09. The van der Waals surface area contributed by atoms with Crippen LogP contribution in [0.25, 0.3) is 0 Å². The molecule has 4 fully saturated rings. The molecule has 0 heterocycles. The number of ether oxygens (including phenoxy) is 3. The van der Waals surface area contributed by atoms with Gasteiger partial charge in [0, 0.05) is 31.8 Å². The Morgan fingerprint density at radius 3 is 2.15 bits per heavy atom. The Morgan fingerprint density at radius 1 is 0.821 bits per heavy atom. The number of aliphatic hydroxyl groups is 1. The fourth-order valence-electron chi connectivity index (χ4n) is 10.0. The summed E-state index contributed by atoms with van der Waals surface area (Å²) in [5, 5.41) is 9.83. The van der Waals surface area contributed by atoms with Crippen LogP contribution in [0.2, 0.25) is 0 Å². The van der Waals surface area contributed by atoms with Gasteiger partial charge in [0.25, 0.3) is 0 Å². The number of hydrogen-bond acceptors (Lipinski definition) is 7. The molecule has 0 radical (unpaired) electrons. The maximum Gasteiger partial charge on any atom is 0.0637 e. The summed E-state index contributed by atoms with van der Waals surface area (Å²) < 4.78 is 20.0. The molecule has 7 nitrogen and oxygen atoms in total. The van der Waals surface area contributed by atoms with Gasteiger partial charge >= 0.3 is 0 Å². The predicted molar refractivity (Wildman–Crippen MR) is 157 cm³/mol. The van der Waals surface area contributed by atoms with Gasteiger partial charge in [-0.3, -0.25) is 0 Å². The van der Waals surface area contributed by atoms with Crippen molar-refractivity contribution in [3.05, 3.63) is 0 Å². The van der Waals surface area contributed by atoms with Crippen LogP contribution in [0, 0.1) is 46.3 Å². The van der Waals surface area contributed by atoms with E-state index in [9.17, 15) is 5.11 Å². The highest BCUT2D eigenvalue weighted by atomic mass is 16.5. The van der Waals surface area contributed by atoms with Crippen LogP contribution in [0.1, 0.15) is 91.4 Å². The topological polar surface area (TPSA) is 126 Å². The lowest BCUT2D eigenvalue weighted by Crippen LogP contribution is -2.63. The first kappa shape index (κ1) is 31.7. The van der Waals surface area contributed by atoms with Crippen molar-refractivity contribution in [2.75, 3.05) is 46.1 Å². The fraction of sp³-hybridized carbons (Fsp3) is 1.00. The van der Waals surface area contributed by atoms with Crippen molar-refractivity contribution in [1.82, 2.24) is 0 Å². The van der Waals surface area contributed by atoms with Crippen LogP contribution < -0.4 is 17.2 Å². The van der Waals surface area contributed by atoms with Crippen LogP contribution in [0.15, 0.2) is 0 Å². The molecule has 0 aliphatic heterocycles. The molecule has 39 heavy (non-hydrogen) atoms. The van der Waals surface area contributed by atoms with Gasteiger partial charge in [-0.15, -0.1) is 0 Å². The van der Waals surface area contributed by atoms with E-state index in [1.165, 1.54) is 19.3 Å². The van der Waals surface area contributed by atoms with Crippen LogP contribution in [0.3, 0.4) is 0 Å². The van der Waals surface area contributed by atoms with Gasteiger partial charge in [-0.05, 0) is 131 Å². The molecule has 7 heteroatoms. The van der Waals surface area contributed by atoms with Gasteiger partial charge in [0.2, 0.25) is 0 Å². The Balaban J connectivity index is 1.64.